The minimum Gasteiger partial charge on any atom is -0.384 e. The molecule has 4 rings (SSSR count). The number of nitrogens with zero attached hydrogens (tertiary/aromatic N) is 2. The summed E-state index contributed by atoms with van der Waals surface area (Å²) in [7, 11) is 0. The molecule has 130 valence electrons. The van der Waals surface area contributed by atoms with Gasteiger partial charge >= 0.3 is 0 Å². The number of H-pyrrole nitrogens is 1. The molecule has 3 aromatic heterocycles. The lowest BCUT2D eigenvalue weighted by Crippen LogP contribution is -2.03. The lowest BCUT2D eigenvalue weighted by molar-refractivity contribution is 0.221. The van der Waals surface area contributed by atoms with Crippen LogP contribution in [-0.4, -0.2) is 20.1 Å². The first-order valence-electron chi connectivity index (χ1n) is 8.25. The minimum atomic E-state index is -0.759. The van der Waals surface area contributed by atoms with Gasteiger partial charge in [-0.3, -0.25) is 0 Å². The Balaban J connectivity index is 1.47. The highest BCUT2D eigenvalue weighted by Gasteiger charge is 2.15. The van der Waals surface area contributed by atoms with Gasteiger partial charge in [0.2, 0.25) is 0 Å². The van der Waals surface area contributed by atoms with Gasteiger partial charge in [-0.2, -0.15) is 0 Å². The van der Waals surface area contributed by atoms with Crippen molar-refractivity contribution >= 4 is 28.5 Å². The van der Waals surface area contributed by atoms with Crippen LogP contribution in [0.3, 0.4) is 0 Å². The van der Waals surface area contributed by atoms with E-state index in [1.807, 2.05) is 48.5 Å². The van der Waals surface area contributed by atoms with Gasteiger partial charge in [0, 0.05) is 46.7 Å². The first-order chi connectivity index (χ1) is 12.7. The van der Waals surface area contributed by atoms with E-state index in [0.717, 1.165) is 38.6 Å². The van der Waals surface area contributed by atoms with Crippen LogP contribution in [0.15, 0.2) is 67.1 Å². The molecule has 0 spiro atoms. The summed E-state index contributed by atoms with van der Waals surface area (Å²) < 4.78 is 0. The number of anilines is 1. The maximum absolute atomic E-state index is 10.7. The summed E-state index contributed by atoms with van der Waals surface area (Å²) in [6.07, 6.45) is 4.43. The number of aliphatic hydroxyl groups is 1. The number of aromatic nitrogens is 3. The predicted octanol–water partition coefficient (Wildman–Crippen LogP) is 4.31. The summed E-state index contributed by atoms with van der Waals surface area (Å²) in [6, 6.07) is 15.2. The molecule has 0 saturated heterocycles. The second-order valence-corrected chi connectivity index (χ2v) is 6.44. The number of hydrogen-bond donors (Lipinski definition) is 3. The first-order valence-corrected chi connectivity index (χ1v) is 8.63. The van der Waals surface area contributed by atoms with Crippen molar-refractivity contribution in [3.8, 4) is 0 Å². The number of halogens is 1. The number of hydrogen-bond acceptors (Lipinski definition) is 4. The molecule has 0 amide bonds. The highest BCUT2D eigenvalue weighted by atomic mass is 35.5. The third-order valence-corrected chi connectivity index (χ3v) is 4.52. The van der Waals surface area contributed by atoms with Gasteiger partial charge in [-0.1, -0.05) is 29.8 Å². The van der Waals surface area contributed by atoms with Crippen LogP contribution >= 0.6 is 11.6 Å². The van der Waals surface area contributed by atoms with E-state index in [4.69, 9.17) is 11.6 Å². The average Bonchev–Trinajstić information content (AvgIpc) is 3.11. The van der Waals surface area contributed by atoms with Crippen molar-refractivity contribution in [3.63, 3.8) is 0 Å². The second kappa shape index (κ2) is 7.15. The van der Waals surface area contributed by atoms with Crippen LogP contribution in [0.5, 0.6) is 0 Å². The maximum atomic E-state index is 10.7. The Morgan fingerprint density at radius 2 is 1.92 bits per heavy atom. The van der Waals surface area contributed by atoms with Gasteiger partial charge in [0.05, 0.1) is 0 Å². The molecule has 1 unspecified atom stereocenters. The minimum absolute atomic E-state index is 0.653. The molecule has 0 saturated carbocycles. The number of nitrogens with one attached hydrogen (secondary N) is 2. The molecule has 4 aromatic rings. The summed E-state index contributed by atoms with van der Waals surface area (Å²) >= 11 is 5.89. The molecule has 1 aromatic carbocycles. The number of fused-ring (bicyclic) bond motifs is 1. The van der Waals surface area contributed by atoms with Crippen LogP contribution in [0.1, 0.15) is 22.8 Å². The smallest absolute Gasteiger partial charge is 0.137 e. The summed E-state index contributed by atoms with van der Waals surface area (Å²) in [5.41, 5.74) is 3.39. The molecule has 0 aliphatic heterocycles. The van der Waals surface area contributed by atoms with Crippen LogP contribution in [0.4, 0.5) is 5.82 Å². The largest absolute Gasteiger partial charge is 0.384 e. The number of rotatable bonds is 5. The van der Waals surface area contributed by atoms with Gasteiger partial charge in [-0.25, -0.2) is 9.97 Å². The van der Waals surface area contributed by atoms with E-state index < -0.39 is 6.10 Å². The van der Waals surface area contributed by atoms with Crippen LogP contribution in [-0.2, 0) is 6.54 Å². The Bertz CT molecular complexity index is 1010. The van der Waals surface area contributed by atoms with Crippen molar-refractivity contribution in [2.24, 2.45) is 0 Å². The van der Waals surface area contributed by atoms with Gasteiger partial charge in [-0.05, 0) is 35.9 Å². The molecular formula is C20H17ClN4O. The van der Waals surface area contributed by atoms with Crippen molar-refractivity contribution in [2.75, 3.05) is 5.32 Å². The Morgan fingerprint density at radius 1 is 1.08 bits per heavy atom. The lowest BCUT2D eigenvalue weighted by Gasteiger charge is -2.11. The van der Waals surface area contributed by atoms with Gasteiger partial charge in [0.15, 0.2) is 0 Å². The fourth-order valence-electron chi connectivity index (χ4n) is 2.85. The number of aromatic amines is 1. The quantitative estimate of drug-likeness (QED) is 0.493. The zero-order chi connectivity index (χ0) is 17.9. The van der Waals surface area contributed by atoms with E-state index in [-0.39, 0.29) is 0 Å². The Kier molecular flexibility index (Phi) is 4.56. The highest BCUT2D eigenvalue weighted by molar-refractivity contribution is 6.30. The van der Waals surface area contributed by atoms with Crippen molar-refractivity contribution in [1.82, 2.24) is 15.0 Å². The highest BCUT2D eigenvalue weighted by Crippen LogP contribution is 2.28. The topological polar surface area (TPSA) is 73.8 Å². The molecule has 6 heteroatoms. The lowest BCUT2D eigenvalue weighted by atomic mass is 10.0. The monoisotopic (exact) mass is 364 g/mol. The second-order valence-electron chi connectivity index (χ2n) is 6.00. The Labute approximate surface area is 155 Å². The third kappa shape index (κ3) is 3.40. The predicted molar refractivity (Wildman–Crippen MR) is 103 cm³/mol. The maximum Gasteiger partial charge on any atom is 0.137 e. The SMILES string of the molecule is OC(c1ccc(NCc2ccc(Cl)cc2)nc1)c1c[nH]c2ncccc12. The first kappa shape index (κ1) is 16.6. The molecule has 3 heterocycles. The number of pyridine rings is 2. The van der Waals surface area contributed by atoms with E-state index in [2.05, 4.69) is 20.3 Å². The Hall–Kier alpha value is -2.89. The normalized spacial score (nSPS) is 12.2. The van der Waals surface area contributed by atoms with E-state index >= 15 is 0 Å². The summed E-state index contributed by atoms with van der Waals surface area (Å²) in [4.78, 5) is 11.7. The van der Waals surface area contributed by atoms with Crippen molar-refractivity contribution in [1.29, 1.82) is 0 Å². The van der Waals surface area contributed by atoms with E-state index in [1.54, 1.807) is 18.6 Å². The van der Waals surface area contributed by atoms with E-state index in [1.165, 1.54) is 0 Å². The molecule has 5 nitrogen and oxygen atoms in total. The van der Waals surface area contributed by atoms with Crippen LogP contribution in [0, 0.1) is 0 Å². The van der Waals surface area contributed by atoms with Gasteiger partial charge in [0.25, 0.3) is 0 Å². The van der Waals surface area contributed by atoms with E-state index in [9.17, 15) is 5.11 Å². The zero-order valence-electron chi connectivity index (χ0n) is 13.9. The average molecular weight is 365 g/mol. The molecule has 0 radical (unpaired) electrons. The molecule has 0 aliphatic carbocycles. The van der Waals surface area contributed by atoms with E-state index in [0.29, 0.717) is 6.54 Å². The molecular weight excluding hydrogens is 348 g/mol. The summed E-state index contributed by atoms with van der Waals surface area (Å²) in [6.45, 7) is 0.653. The van der Waals surface area contributed by atoms with Crippen molar-refractivity contribution < 1.29 is 5.11 Å². The third-order valence-electron chi connectivity index (χ3n) is 4.27. The fraction of sp³-hybridized carbons (Fsp3) is 0.100. The number of aliphatic hydroxyl groups excluding tert-OH is 1. The van der Waals surface area contributed by atoms with Crippen LogP contribution in [0.2, 0.25) is 5.02 Å². The van der Waals surface area contributed by atoms with Crippen LogP contribution < -0.4 is 5.32 Å². The standard InChI is InChI=1S/C20H17ClN4O/c21-15-6-3-13(4-7-15)10-23-18-8-5-14(11-24-18)19(26)17-12-25-20-16(17)2-1-9-22-20/h1-9,11-12,19,26H,10H2,(H,22,25)(H,23,24). The molecule has 3 N–H and O–H groups in total. The van der Waals surface area contributed by atoms with Gasteiger partial charge in [0.1, 0.15) is 17.6 Å². The molecule has 0 fully saturated rings. The van der Waals surface area contributed by atoms with Crippen molar-refractivity contribution in [2.45, 2.75) is 12.6 Å². The zero-order valence-corrected chi connectivity index (χ0v) is 14.6. The Morgan fingerprint density at radius 3 is 2.69 bits per heavy atom. The van der Waals surface area contributed by atoms with Gasteiger partial charge < -0.3 is 15.4 Å². The fourth-order valence-corrected chi connectivity index (χ4v) is 2.98. The van der Waals surface area contributed by atoms with Gasteiger partial charge in [-0.15, -0.1) is 0 Å². The van der Waals surface area contributed by atoms with Crippen LogP contribution in [0.25, 0.3) is 11.0 Å². The summed E-state index contributed by atoms with van der Waals surface area (Å²) in [5.74, 6) is 0.747. The number of benzene rings is 1. The summed E-state index contributed by atoms with van der Waals surface area (Å²) in [5, 5.41) is 15.6. The molecule has 0 bridgehead atoms. The van der Waals surface area contributed by atoms with Crippen molar-refractivity contribution in [3.05, 3.63) is 88.8 Å². The molecule has 0 aliphatic rings. The molecule has 26 heavy (non-hydrogen) atoms. The molecule has 1 atom stereocenters.